The standard InChI is InChI=1S/C17H27NOS/c1-13(2)18-12-14-8-10-15(11-9-14)20-17-7-5-3-4-6-16(17)19/h8-11,13,16-19H,3-7,12H2,1-2H3. The average molecular weight is 293 g/mol. The van der Waals surface area contributed by atoms with E-state index in [0.29, 0.717) is 11.3 Å². The molecule has 2 rings (SSSR count). The van der Waals surface area contributed by atoms with Crippen LogP contribution >= 0.6 is 11.8 Å². The first-order chi connectivity index (χ1) is 9.65. The molecule has 0 spiro atoms. The lowest BCUT2D eigenvalue weighted by atomic mass is 10.1. The monoisotopic (exact) mass is 293 g/mol. The number of rotatable bonds is 5. The minimum absolute atomic E-state index is 0.134. The fourth-order valence-electron chi connectivity index (χ4n) is 2.57. The summed E-state index contributed by atoms with van der Waals surface area (Å²) >= 11 is 1.85. The van der Waals surface area contributed by atoms with Gasteiger partial charge in [-0.1, -0.05) is 45.2 Å². The maximum absolute atomic E-state index is 10.2. The number of aliphatic hydroxyl groups is 1. The van der Waals surface area contributed by atoms with Gasteiger partial charge in [0.2, 0.25) is 0 Å². The molecular formula is C17H27NOS. The maximum atomic E-state index is 10.2. The molecule has 2 unspecified atom stereocenters. The minimum Gasteiger partial charge on any atom is -0.392 e. The zero-order chi connectivity index (χ0) is 14.4. The highest BCUT2D eigenvalue weighted by Crippen LogP contribution is 2.33. The Morgan fingerprint density at radius 1 is 1.15 bits per heavy atom. The van der Waals surface area contributed by atoms with Crippen molar-refractivity contribution >= 4 is 11.8 Å². The van der Waals surface area contributed by atoms with Crippen molar-refractivity contribution in [1.82, 2.24) is 5.32 Å². The number of thioether (sulfide) groups is 1. The highest BCUT2D eigenvalue weighted by atomic mass is 32.2. The van der Waals surface area contributed by atoms with E-state index in [0.717, 1.165) is 19.4 Å². The average Bonchev–Trinajstić information content (AvgIpc) is 2.63. The Balaban J connectivity index is 1.89. The molecule has 20 heavy (non-hydrogen) atoms. The van der Waals surface area contributed by atoms with Crippen LogP contribution in [0.15, 0.2) is 29.2 Å². The van der Waals surface area contributed by atoms with Crippen molar-refractivity contribution in [3.05, 3.63) is 29.8 Å². The van der Waals surface area contributed by atoms with E-state index in [-0.39, 0.29) is 6.10 Å². The fourth-order valence-corrected chi connectivity index (χ4v) is 3.79. The van der Waals surface area contributed by atoms with Gasteiger partial charge < -0.3 is 10.4 Å². The van der Waals surface area contributed by atoms with Crippen molar-refractivity contribution in [2.45, 2.75) is 74.8 Å². The highest BCUT2D eigenvalue weighted by Gasteiger charge is 2.22. The van der Waals surface area contributed by atoms with Crippen LogP contribution in [0.5, 0.6) is 0 Å². The van der Waals surface area contributed by atoms with Crippen LogP contribution in [-0.2, 0) is 6.54 Å². The highest BCUT2D eigenvalue weighted by molar-refractivity contribution is 8.00. The normalized spacial score (nSPS) is 23.8. The number of nitrogens with one attached hydrogen (secondary N) is 1. The molecule has 1 fully saturated rings. The summed E-state index contributed by atoms with van der Waals surface area (Å²) < 4.78 is 0. The predicted molar refractivity (Wildman–Crippen MR) is 87.2 cm³/mol. The van der Waals surface area contributed by atoms with E-state index in [9.17, 15) is 5.11 Å². The van der Waals surface area contributed by atoms with Crippen LogP contribution in [0.4, 0.5) is 0 Å². The molecule has 2 atom stereocenters. The van der Waals surface area contributed by atoms with E-state index in [1.807, 2.05) is 11.8 Å². The van der Waals surface area contributed by atoms with Gasteiger partial charge >= 0.3 is 0 Å². The summed E-state index contributed by atoms with van der Waals surface area (Å²) in [6, 6.07) is 9.30. The summed E-state index contributed by atoms with van der Waals surface area (Å²) in [5.74, 6) is 0. The van der Waals surface area contributed by atoms with E-state index in [1.165, 1.54) is 29.7 Å². The molecule has 0 aliphatic heterocycles. The molecule has 112 valence electrons. The van der Waals surface area contributed by atoms with Crippen molar-refractivity contribution < 1.29 is 5.11 Å². The first-order valence-corrected chi connectivity index (χ1v) is 8.70. The van der Waals surface area contributed by atoms with Crippen LogP contribution in [0.2, 0.25) is 0 Å². The SMILES string of the molecule is CC(C)NCc1ccc(SC2CCCCCC2O)cc1. The van der Waals surface area contributed by atoms with Gasteiger partial charge in [0.1, 0.15) is 0 Å². The van der Waals surface area contributed by atoms with Crippen LogP contribution in [0.25, 0.3) is 0 Å². The molecule has 0 saturated heterocycles. The first-order valence-electron chi connectivity index (χ1n) is 7.82. The zero-order valence-corrected chi connectivity index (χ0v) is 13.5. The van der Waals surface area contributed by atoms with Gasteiger partial charge in [0.05, 0.1) is 6.10 Å². The Morgan fingerprint density at radius 3 is 2.55 bits per heavy atom. The van der Waals surface area contributed by atoms with Crippen LogP contribution in [0, 0.1) is 0 Å². The Bertz CT molecular complexity index is 390. The summed E-state index contributed by atoms with van der Waals surface area (Å²) in [5, 5.41) is 14.0. The molecule has 0 amide bonds. The maximum Gasteiger partial charge on any atom is 0.0662 e. The van der Waals surface area contributed by atoms with Gasteiger partial charge in [-0.25, -0.2) is 0 Å². The van der Waals surface area contributed by atoms with Crippen LogP contribution < -0.4 is 5.32 Å². The van der Waals surface area contributed by atoms with Gasteiger partial charge in [0.25, 0.3) is 0 Å². The van der Waals surface area contributed by atoms with Crippen LogP contribution in [0.1, 0.15) is 51.5 Å². The van der Waals surface area contributed by atoms with Gasteiger partial charge in [0, 0.05) is 22.7 Å². The summed E-state index contributed by atoms with van der Waals surface area (Å²) in [6.07, 6.45) is 5.68. The van der Waals surface area contributed by atoms with Crippen LogP contribution in [-0.4, -0.2) is 22.5 Å². The van der Waals surface area contributed by atoms with Gasteiger partial charge in [-0.3, -0.25) is 0 Å². The quantitative estimate of drug-likeness (QED) is 0.806. The second-order valence-corrected chi connectivity index (χ2v) is 7.35. The zero-order valence-electron chi connectivity index (χ0n) is 12.6. The molecule has 3 heteroatoms. The van der Waals surface area contributed by atoms with E-state index in [2.05, 4.69) is 43.4 Å². The van der Waals surface area contributed by atoms with Crippen molar-refractivity contribution in [3.8, 4) is 0 Å². The summed E-state index contributed by atoms with van der Waals surface area (Å²) in [7, 11) is 0. The molecule has 1 aromatic rings. The smallest absolute Gasteiger partial charge is 0.0662 e. The van der Waals surface area contributed by atoms with Gasteiger partial charge in [-0.15, -0.1) is 11.8 Å². The second-order valence-electron chi connectivity index (χ2n) is 6.04. The number of benzene rings is 1. The third kappa shape index (κ3) is 5.12. The van der Waals surface area contributed by atoms with Crippen LogP contribution in [0.3, 0.4) is 0 Å². The topological polar surface area (TPSA) is 32.3 Å². The molecule has 2 N–H and O–H groups in total. The first kappa shape index (κ1) is 15.9. The Kier molecular flexibility index (Phi) is 6.40. The summed E-state index contributed by atoms with van der Waals surface area (Å²) in [6.45, 7) is 5.25. The molecule has 1 aliphatic rings. The number of hydrogen-bond acceptors (Lipinski definition) is 3. The van der Waals surface area contributed by atoms with E-state index in [1.54, 1.807) is 0 Å². The molecule has 1 saturated carbocycles. The van der Waals surface area contributed by atoms with E-state index < -0.39 is 0 Å². The van der Waals surface area contributed by atoms with Crippen molar-refractivity contribution in [2.24, 2.45) is 0 Å². The fraction of sp³-hybridized carbons (Fsp3) is 0.647. The third-order valence-electron chi connectivity index (χ3n) is 3.84. The molecule has 0 heterocycles. The third-order valence-corrected chi connectivity index (χ3v) is 5.24. The Hall–Kier alpha value is -0.510. The Morgan fingerprint density at radius 2 is 1.85 bits per heavy atom. The Labute approximate surface area is 127 Å². The number of aliphatic hydroxyl groups excluding tert-OH is 1. The van der Waals surface area contributed by atoms with Gasteiger partial charge in [0.15, 0.2) is 0 Å². The lowest BCUT2D eigenvalue weighted by Gasteiger charge is -2.19. The lowest BCUT2D eigenvalue weighted by molar-refractivity contribution is 0.163. The number of hydrogen-bond donors (Lipinski definition) is 2. The van der Waals surface area contributed by atoms with Gasteiger partial charge in [-0.2, -0.15) is 0 Å². The minimum atomic E-state index is -0.134. The van der Waals surface area contributed by atoms with Crippen molar-refractivity contribution in [1.29, 1.82) is 0 Å². The second kappa shape index (κ2) is 8.06. The van der Waals surface area contributed by atoms with Crippen molar-refractivity contribution in [2.75, 3.05) is 0 Å². The predicted octanol–water partition coefficient (Wildman–Crippen LogP) is 3.97. The molecule has 2 nitrogen and oxygen atoms in total. The molecule has 1 aromatic carbocycles. The van der Waals surface area contributed by atoms with Crippen molar-refractivity contribution in [3.63, 3.8) is 0 Å². The van der Waals surface area contributed by atoms with Gasteiger partial charge in [-0.05, 0) is 30.5 Å². The lowest BCUT2D eigenvalue weighted by Crippen LogP contribution is -2.22. The molecule has 0 radical (unpaired) electrons. The molecule has 0 bridgehead atoms. The molecule has 0 aromatic heterocycles. The largest absolute Gasteiger partial charge is 0.392 e. The van der Waals surface area contributed by atoms with E-state index in [4.69, 9.17) is 0 Å². The van der Waals surface area contributed by atoms with E-state index >= 15 is 0 Å². The summed E-state index contributed by atoms with van der Waals surface area (Å²) in [4.78, 5) is 1.28. The summed E-state index contributed by atoms with van der Waals surface area (Å²) in [5.41, 5.74) is 1.32. The molecule has 1 aliphatic carbocycles. The molecular weight excluding hydrogens is 266 g/mol.